The highest BCUT2D eigenvalue weighted by Crippen LogP contribution is 2.14. The molecule has 0 aliphatic heterocycles. The van der Waals surface area contributed by atoms with Crippen LogP contribution in [0.3, 0.4) is 0 Å². The van der Waals surface area contributed by atoms with Gasteiger partial charge in [-0.2, -0.15) is 0 Å². The molecular formula is C11H14ClN3O. The van der Waals surface area contributed by atoms with E-state index in [0.717, 1.165) is 11.6 Å². The second-order valence-corrected chi connectivity index (χ2v) is 4.06. The minimum absolute atomic E-state index is 0.158. The highest BCUT2D eigenvalue weighted by Gasteiger charge is 2.09. The summed E-state index contributed by atoms with van der Waals surface area (Å²) in [7, 11) is 1.89. The Hall–Kier alpha value is -1.26. The maximum Gasteiger partial charge on any atom is 0.128 e. The lowest BCUT2D eigenvalue weighted by Crippen LogP contribution is -2.19. The molecule has 4 nitrogen and oxygen atoms in total. The van der Waals surface area contributed by atoms with Crippen molar-refractivity contribution in [1.82, 2.24) is 14.9 Å². The van der Waals surface area contributed by atoms with Crippen molar-refractivity contribution in [3.63, 3.8) is 0 Å². The molecular weight excluding hydrogens is 226 g/mol. The third kappa shape index (κ3) is 2.28. The first-order valence-corrected chi connectivity index (χ1v) is 5.49. The molecule has 0 aromatic carbocycles. The molecule has 2 heterocycles. The summed E-state index contributed by atoms with van der Waals surface area (Å²) in [4.78, 5) is 4.21. The average molecular weight is 240 g/mol. The molecule has 5 heteroatoms. The van der Waals surface area contributed by atoms with E-state index in [4.69, 9.17) is 16.0 Å². The second-order valence-electron chi connectivity index (χ2n) is 3.67. The summed E-state index contributed by atoms with van der Waals surface area (Å²) in [6.45, 7) is 2.70. The molecule has 2 aromatic heterocycles. The number of halogens is 1. The predicted octanol–water partition coefficient (Wildman–Crippen LogP) is 2.52. The van der Waals surface area contributed by atoms with Crippen molar-refractivity contribution in [3.05, 3.63) is 41.3 Å². The van der Waals surface area contributed by atoms with Gasteiger partial charge in [-0.25, -0.2) is 4.98 Å². The summed E-state index contributed by atoms with van der Waals surface area (Å²) in [6.07, 6.45) is 3.32. The van der Waals surface area contributed by atoms with Crippen molar-refractivity contribution in [2.75, 3.05) is 0 Å². The molecule has 0 bridgehead atoms. The fourth-order valence-electron chi connectivity index (χ4n) is 1.47. The van der Waals surface area contributed by atoms with E-state index in [1.54, 1.807) is 12.5 Å². The fraction of sp³-hybridized carbons (Fsp3) is 0.364. The van der Waals surface area contributed by atoms with E-state index in [1.165, 1.54) is 0 Å². The van der Waals surface area contributed by atoms with Crippen molar-refractivity contribution < 1.29 is 4.42 Å². The predicted molar refractivity (Wildman–Crippen MR) is 62.2 cm³/mol. The zero-order valence-electron chi connectivity index (χ0n) is 9.27. The Morgan fingerprint density at radius 3 is 3.00 bits per heavy atom. The quantitative estimate of drug-likeness (QED) is 0.892. The molecule has 0 spiro atoms. The SMILES string of the molecule is CC(NCc1ncc(Cl)n1C)c1ccco1. The lowest BCUT2D eigenvalue weighted by Gasteiger charge is -2.10. The van der Waals surface area contributed by atoms with Crippen LogP contribution in [0.4, 0.5) is 0 Å². The van der Waals surface area contributed by atoms with Crippen LogP contribution < -0.4 is 5.32 Å². The molecule has 1 atom stereocenters. The van der Waals surface area contributed by atoms with Gasteiger partial charge in [0, 0.05) is 7.05 Å². The summed E-state index contributed by atoms with van der Waals surface area (Å²) in [5, 5.41) is 3.96. The highest BCUT2D eigenvalue weighted by atomic mass is 35.5. The normalized spacial score (nSPS) is 12.9. The Morgan fingerprint density at radius 2 is 2.44 bits per heavy atom. The molecule has 0 amide bonds. The van der Waals surface area contributed by atoms with Gasteiger partial charge in [-0.3, -0.25) is 0 Å². The van der Waals surface area contributed by atoms with Gasteiger partial charge in [-0.15, -0.1) is 0 Å². The molecule has 86 valence electrons. The maximum atomic E-state index is 5.90. The molecule has 0 fully saturated rings. The Kier molecular flexibility index (Phi) is 3.31. The Balaban J connectivity index is 1.95. The van der Waals surface area contributed by atoms with Gasteiger partial charge in [0.1, 0.15) is 16.7 Å². The molecule has 1 N–H and O–H groups in total. The van der Waals surface area contributed by atoms with Crippen LogP contribution in [0.25, 0.3) is 0 Å². The second kappa shape index (κ2) is 4.72. The first-order valence-electron chi connectivity index (χ1n) is 5.11. The van der Waals surface area contributed by atoms with Gasteiger partial charge in [-0.1, -0.05) is 11.6 Å². The monoisotopic (exact) mass is 239 g/mol. The fourth-order valence-corrected chi connectivity index (χ4v) is 1.62. The van der Waals surface area contributed by atoms with E-state index in [-0.39, 0.29) is 6.04 Å². The van der Waals surface area contributed by atoms with E-state index in [1.807, 2.05) is 30.7 Å². The highest BCUT2D eigenvalue weighted by molar-refractivity contribution is 6.29. The molecule has 0 radical (unpaired) electrons. The first kappa shape index (κ1) is 11.2. The van der Waals surface area contributed by atoms with Gasteiger partial charge < -0.3 is 14.3 Å². The van der Waals surface area contributed by atoms with Crippen molar-refractivity contribution >= 4 is 11.6 Å². The summed E-state index contributed by atoms with van der Waals surface area (Å²) in [6, 6.07) is 3.99. The van der Waals surface area contributed by atoms with Crippen LogP contribution in [-0.4, -0.2) is 9.55 Å². The van der Waals surface area contributed by atoms with Gasteiger partial charge in [-0.05, 0) is 19.1 Å². The van der Waals surface area contributed by atoms with E-state index >= 15 is 0 Å². The average Bonchev–Trinajstić information content (AvgIpc) is 2.89. The van der Waals surface area contributed by atoms with Gasteiger partial charge in [0.15, 0.2) is 0 Å². The summed E-state index contributed by atoms with van der Waals surface area (Å²) < 4.78 is 7.15. The number of nitrogens with one attached hydrogen (secondary N) is 1. The van der Waals surface area contributed by atoms with E-state index in [9.17, 15) is 0 Å². The van der Waals surface area contributed by atoms with E-state index in [2.05, 4.69) is 10.3 Å². The third-order valence-electron chi connectivity index (χ3n) is 2.56. The van der Waals surface area contributed by atoms with Gasteiger partial charge in [0.05, 0.1) is 25.0 Å². The standard InChI is InChI=1S/C11H14ClN3O/c1-8(9-4-3-5-16-9)13-7-11-14-6-10(12)15(11)2/h3-6,8,13H,7H2,1-2H3. The zero-order valence-corrected chi connectivity index (χ0v) is 10.0. The lowest BCUT2D eigenvalue weighted by atomic mass is 10.2. The van der Waals surface area contributed by atoms with Crippen LogP contribution in [0.15, 0.2) is 29.0 Å². The van der Waals surface area contributed by atoms with Crippen molar-refractivity contribution in [1.29, 1.82) is 0 Å². The molecule has 0 aliphatic carbocycles. The lowest BCUT2D eigenvalue weighted by molar-refractivity contribution is 0.425. The Bertz CT molecular complexity index is 450. The van der Waals surface area contributed by atoms with Gasteiger partial charge in [0.2, 0.25) is 0 Å². The Labute approximate surface area is 99.2 Å². The third-order valence-corrected chi connectivity index (χ3v) is 2.92. The van der Waals surface area contributed by atoms with Gasteiger partial charge in [0.25, 0.3) is 0 Å². The van der Waals surface area contributed by atoms with E-state index in [0.29, 0.717) is 11.7 Å². The molecule has 1 unspecified atom stereocenters. The van der Waals surface area contributed by atoms with Crippen LogP contribution in [-0.2, 0) is 13.6 Å². The number of nitrogens with zero attached hydrogens (tertiary/aromatic N) is 2. The maximum absolute atomic E-state index is 5.90. The van der Waals surface area contributed by atoms with Crippen LogP contribution in [0.2, 0.25) is 5.15 Å². The molecule has 2 aromatic rings. The van der Waals surface area contributed by atoms with Crippen molar-refractivity contribution in [2.45, 2.75) is 19.5 Å². The van der Waals surface area contributed by atoms with Crippen molar-refractivity contribution in [3.8, 4) is 0 Å². The first-order chi connectivity index (χ1) is 7.68. The topological polar surface area (TPSA) is 43.0 Å². The molecule has 0 saturated heterocycles. The zero-order chi connectivity index (χ0) is 11.5. The van der Waals surface area contributed by atoms with Crippen LogP contribution in [0.5, 0.6) is 0 Å². The number of hydrogen-bond donors (Lipinski definition) is 1. The summed E-state index contributed by atoms with van der Waals surface area (Å²) in [5.41, 5.74) is 0. The summed E-state index contributed by atoms with van der Waals surface area (Å²) in [5.74, 6) is 1.82. The van der Waals surface area contributed by atoms with Crippen LogP contribution >= 0.6 is 11.6 Å². The van der Waals surface area contributed by atoms with E-state index < -0.39 is 0 Å². The number of hydrogen-bond acceptors (Lipinski definition) is 3. The molecule has 0 saturated carbocycles. The number of furan rings is 1. The minimum atomic E-state index is 0.158. The minimum Gasteiger partial charge on any atom is -0.468 e. The van der Waals surface area contributed by atoms with Crippen LogP contribution in [0, 0.1) is 0 Å². The number of rotatable bonds is 4. The molecule has 2 rings (SSSR count). The van der Waals surface area contributed by atoms with Crippen LogP contribution in [0.1, 0.15) is 24.6 Å². The van der Waals surface area contributed by atoms with Crippen molar-refractivity contribution in [2.24, 2.45) is 7.05 Å². The molecule has 16 heavy (non-hydrogen) atoms. The molecule has 0 aliphatic rings. The van der Waals surface area contributed by atoms with Gasteiger partial charge >= 0.3 is 0 Å². The summed E-state index contributed by atoms with van der Waals surface area (Å²) >= 11 is 5.90. The smallest absolute Gasteiger partial charge is 0.128 e. The number of imidazole rings is 1. The number of aromatic nitrogens is 2. The largest absolute Gasteiger partial charge is 0.468 e. The Morgan fingerprint density at radius 1 is 1.62 bits per heavy atom.